The molecule has 0 bridgehead atoms. The maximum Gasteiger partial charge on any atom is 0.136 e. The minimum absolute atomic E-state index is 0.219. The summed E-state index contributed by atoms with van der Waals surface area (Å²) in [6.07, 6.45) is 2.35. The van der Waals surface area contributed by atoms with Crippen LogP contribution in [0.15, 0.2) is 24.3 Å². The molecule has 2 atom stereocenters. The van der Waals surface area contributed by atoms with E-state index in [1.54, 1.807) is 7.11 Å². The van der Waals surface area contributed by atoms with Gasteiger partial charge in [0, 0.05) is 17.3 Å². The average Bonchev–Trinajstić information content (AvgIpc) is 3.36. The molecule has 2 rings (SSSR count). The second-order valence-electron chi connectivity index (χ2n) is 6.98. The molecule has 1 fully saturated rings. The monoisotopic (exact) mass is 349 g/mol. The van der Waals surface area contributed by atoms with Gasteiger partial charge in [0.05, 0.1) is 20.3 Å². The summed E-state index contributed by atoms with van der Waals surface area (Å²) in [5.41, 5.74) is 1.07. The first-order valence-electron chi connectivity index (χ1n) is 8.28. The molecular formula is C19H27NO3S. The first kappa shape index (κ1) is 19.1. The molecule has 0 unspecified atom stereocenters. The van der Waals surface area contributed by atoms with E-state index >= 15 is 0 Å². The van der Waals surface area contributed by atoms with Gasteiger partial charge in [-0.3, -0.25) is 0 Å². The molecule has 0 amide bonds. The van der Waals surface area contributed by atoms with Gasteiger partial charge in [0.2, 0.25) is 0 Å². The van der Waals surface area contributed by atoms with Gasteiger partial charge in [0.1, 0.15) is 16.5 Å². The van der Waals surface area contributed by atoms with Gasteiger partial charge >= 0.3 is 0 Å². The number of benzene rings is 1. The third-order valence-corrected chi connectivity index (χ3v) is 5.17. The first-order chi connectivity index (χ1) is 11.4. The van der Waals surface area contributed by atoms with Crippen LogP contribution in [0.5, 0.6) is 5.75 Å². The summed E-state index contributed by atoms with van der Waals surface area (Å²) in [5, 5.41) is 0. The van der Waals surface area contributed by atoms with Crippen LogP contribution in [0.2, 0.25) is 0 Å². The van der Waals surface area contributed by atoms with Gasteiger partial charge in [-0.2, -0.15) is 0 Å². The van der Waals surface area contributed by atoms with Gasteiger partial charge in [0.15, 0.2) is 0 Å². The molecule has 0 aromatic heterocycles. The van der Waals surface area contributed by atoms with E-state index in [1.807, 2.05) is 45.0 Å². The average molecular weight is 349 g/mol. The number of ether oxygens (including phenoxy) is 2. The molecule has 4 nitrogen and oxygen atoms in total. The zero-order valence-electron chi connectivity index (χ0n) is 14.9. The highest BCUT2D eigenvalue weighted by Gasteiger charge is 2.29. The highest BCUT2D eigenvalue weighted by atomic mass is 32.2. The summed E-state index contributed by atoms with van der Waals surface area (Å²) in [6.45, 7) is 6.74. The Balaban J connectivity index is 1.86. The minimum Gasteiger partial charge on any atom is -0.598 e. The normalized spacial score (nSPS) is 16.9. The lowest BCUT2D eigenvalue weighted by atomic mass is 10.2. The van der Waals surface area contributed by atoms with Crippen LogP contribution in [0.4, 0.5) is 0 Å². The predicted molar refractivity (Wildman–Crippen MR) is 98.0 cm³/mol. The van der Waals surface area contributed by atoms with Gasteiger partial charge in [-0.05, 0) is 51.3 Å². The minimum atomic E-state index is -1.16. The molecule has 24 heavy (non-hydrogen) atoms. The fourth-order valence-corrected chi connectivity index (χ4v) is 2.61. The Morgan fingerprint density at radius 3 is 2.50 bits per heavy atom. The van der Waals surface area contributed by atoms with E-state index in [1.165, 1.54) is 12.8 Å². The van der Waals surface area contributed by atoms with Crippen LogP contribution in [-0.4, -0.2) is 29.1 Å². The Bertz CT molecular complexity index is 567. The van der Waals surface area contributed by atoms with Gasteiger partial charge in [-0.1, -0.05) is 24.0 Å². The van der Waals surface area contributed by atoms with E-state index in [0.717, 1.165) is 11.3 Å². The summed E-state index contributed by atoms with van der Waals surface area (Å²) in [6, 6.07) is 7.56. The number of rotatable bonds is 7. The zero-order valence-corrected chi connectivity index (χ0v) is 15.7. The molecule has 0 aliphatic heterocycles. The van der Waals surface area contributed by atoms with E-state index in [9.17, 15) is 4.55 Å². The highest BCUT2D eigenvalue weighted by Crippen LogP contribution is 2.27. The lowest BCUT2D eigenvalue weighted by Crippen LogP contribution is -2.45. The van der Waals surface area contributed by atoms with E-state index in [0.29, 0.717) is 19.1 Å². The van der Waals surface area contributed by atoms with Crippen molar-refractivity contribution in [1.29, 1.82) is 0 Å². The van der Waals surface area contributed by atoms with Crippen molar-refractivity contribution in [3.8, 4) is 17.6 Å². The first-order valence-corrected chi connectivity index (χ1v) is 9.43. The standard InChI is InChI=1S/C19H27NO3S/c1-19(2,3)24(21)20-17(10-7-15-5-6-15)14-23-13-16-8-11-18(22-4)12-9-16/h8-9,11-12,15,17,20H,5-6,13-14H2,1-4H3/t17-,24-/m1/s1. The van der Waals surface area contributed by atoms with E-state index < -0.39 is 11.4 Å². The lowest BCUT2D eigenvalue weighted by molar-refractivity contribution is 0.115. The highest BCUT2D eigenvalue weighted by molar-refractivity contribution is 7.90. The number of methoxy groups -OCH3 is 1. The van der Waals surface area contributed by atoms with Crippen LogP contribution >= 0.6 is 0 Å². The Morgan fingerprint density at radius 1 is 1.29 bits per heavy atom. The lowest BCUT2D eigenvalue weighted by Gasteiger charge is -2.26. The fraction of sp³-hybridized carbons (Fsp3) is 0.579. The molecule has 5 heteroatoms. The molecule has 132 valence electrons. The van der Waals surface area contributed by atoms with Gasteiger partial charge in [-0.15, -0.1) is 4.72 Å². The Kier molecular flexibility index (Phi) is 7.00. The van der Waals surface area contributed by atoms with Crippen LogP contribution < -0.4 is 9.46 Å². The topological polar surface area (TPSA) is 53.5 Å². The van der Waals surface area contributed by atoms with Crippen molar-refractivity contribution < 1.29 is 14.0 Å². The van der Waals surface area contributed by atoms with Gasteiger partial charge in [-0.25, -0.2) is 0 Å². The largest absolute Gasteiger partial charge is 0.598 e. The summed E-state index contributed by atoms with van der Waals surface area (Å²) in [4.78, 5) is 0. The maximum absolute atomic E-state index is 12.3. The van der Waals surface area contributed by atoms with Crippen molar-refractivity contribution in [2.45, 2.75) is 51.0 Å². The van der Waals surface area contributed by atoms with Crippen LogP contribution in [0.25, 0.3) is 0 Å². The number of hydrogen-bond donors (Lipinski definition) is 1. The second-order valence-corrected chi connectivity index (χ2v) is 8.98. The summed E-state index contributed by atoms with van der Waals surface area (Å²) in [7, 11) is 1.65. The maximum atomic E-state index is 12.3. The van der Waals surface area contributed by atoms with Crippen molar-refractivity contribution in [3.05, 3.63) is 29.8 Å². The summed E-state index contributed by atoms with van der Waals surface area (Å²) >= 11 is -1.16. The van der Waals surface area contributed by atoms with Crippen molar-refractivity contribution in [2.24, 2.45) is 5.92 Å². The molecule has 1 aromatic rings. The van der Waals surface area contributed by atoms with Crippen molar-refractivity contribution in [2.75, 3.05) is 13.7 Å². The van der Waals surface area contributed by atoms with Crippen LogP contribution in [0, 0.1) is 17.8 Å². The number of nitrogens with one attached hydrogen (secondary N) is 1. The van der Waals surface area contributed by atoms with Crippen LogP contribution in [-0.2, 0) is 22.7 Å². The third kappa shape index (κ3) is 6.74. The predicted octanol–water partition coefficient (Wildman–Crippen LogP) is 3.05. The second kappa shape index (κ2) is 8.77. The van der Waals surface area contributed by atoms with E-state index in [4.69, 9.17) is 9.47 Å². The molecule has 1 aliphatic rings. The summed E-state index contributed by atoms with van der Waals surface area (Å²) < 4.78 is 26.0. The van der Waals surface area contributed by atoms with Crippen molar-refractivity contribution in [3.63, 3.8) is 0 Å². The van der Waals surface area contributed by atoms with Gasteiger partial charge in [0.25, 0.3) is 0 Å². The van der Waals surface area contributed by atoms with Crippen LogP contribution in [0.3, 0.4) is 0 Å². The molecule has 1 saturated carbocycles. The Morgan fingerprint density at radius 2 is 1.96 bits per heavy atom. The molecule has 0 radical (unpaired) electrons. The number of hydrogen-bond acceptors (Lipinski definition) is 4. The van der Waals surface area contributed by atoms with Gasteiger partial charge < -0.3 is 14.0 Å². The molecule has 0 saturated heterocycles. The van der Waals surface area contributed by atoms with E-state index in [2.05, 4.69) is 16.6 Å². The Labute approximate surface area is 148 Å². The molecule has 0 heterocycles. The Hall–Kier alpha value is -1.19. The molecular weight excluding hydrogens is 322 g/mol. The SMILES string of the molecule is COc1ccc(COC[C@@H](C#CC2CC2)N[S@+]([O-])C(C)(C)C)cc1. The van der Waals surface area contributed by atoms with Crippen molar-refractivity contribution in [1.82, 2.24) is 4.72 Å². The molecule has 0 spiro atoms. The molecule has 1 aliphatic carbocycles. The zero-order chi connectivity index (χ0) is 17.6. The fourth-order valence-electron chi connectivity index (χ4n) is 1.87. The van der Waals surface area contributed by atoms with E-state index in [-0.39, 0.29) is 10.8 Å². The smallest absolute Gasteiger partial charge is 0.136 e. The molecule has 1 aromatic carbocycles. The van der Waals surface area contributed by atoms with Crippen LogP contribution in [0.1, 0.15) is 39.2 Å². The van der Waals surface area contributed by atoms with Crippen molar-refractivity contribution >= 4 is 11.4 Å². The quantitative estimate of drug-likeness (QED) is 0.607. The summed E-state index contributed by atoms with van der Waals surface area (Å²) in [5.74, 6) is 7.76. The third-order valence-electron chi connectivity index (χ3n) is 3.56. The molecule has 1 N–H and O–H groups in total.